The summed E-state index contributed by atoms with van der Waals surface area (Å²) in [6, 6.07) is 79.1. The summed E-state index contributed by atoms with van der Waals surface area (Å²) < 4.78 is 0. The fraction of sp³-hybridized carbons (Fsp3) is 0.111. The first-order chi connectivity index (χ1) is 39.5. The molecular formula is C72H54N4S4. The third kappa shape index (κ3) is 7.35. The molecule has 4 aliphatic heterocycles. The third-order valence-corrected chi connectivity index (χ3v) is 21.4. The van der Waals surface area contributed by atoms with E-state index in [9.17, 15) is 0 Å². The second kappa shape index (κ2) is 19.0. The number of hydrogen-bond acceptors (Lipinski definition) is 8. The predicted molar refractivity (Wildman–Crippen MR) is 345 cm³/mol. The van der Waals surface area contributed by atoms with Crippen LogP contribution in [0.4, 0.5) is 45.5 Å². The van der Waals surface area contributed by atoms with E-state index < -0.39 is 0 Å². The van der Waals surface area contributed by atoms with Crippen LogP contribution >= 0.6 is 47.0 Å². The maximum absolute atomic E-state index is 2.52. The van der Waals surface area contributed by atoms with Gasteiger partial charge >= 0.3 is 0 Å². The molecule has 386 valence electrons. The molecule has 4 heterocycles. The van der Waals surface area contributed by atoms with E-state index in [4.69, 9.17) is 0 Å². The van der Waals surface area contributed by atoms with Gasteiger partial charge < -0.3 is 19.6 Å². The molecule has 0 amide bonds. The van der Waals surface area contributed by atoms with Crippen LogP contribution in [0.15, 0.2) is 245 Å². The van der Waals surface area contributed by atoms with Crippen molar-refractivity contribution in [2.24, 2.45) is 0 Å². The zero-order chi connectivity index (χ0) is 53.3. The van der Waals surface area contributed by atoms with Crippen molar-refractivity contribution in [1.82, 2.24) is 0 Å². The van der Waals surface area contributed by atoms with Crippen molar-refractivity contribution in [2.45, 2.75) is 66.9 Å². The van der Waals surface area contributed by atoms with Crippen molar-refractivity contribution >= 4 is 125 Å². The Labute approximate surface area is 484 Å². The lowest BCUT2D eigenvalue weighted by molar-refractivity contribution is 0.979. The van der Waals surface area contributed by atoms with E-state index in [0.29, 0.717) is 0 Å². The molecule has 4 nitrogen and oxygen atoms in total. The van der Waals surface area contributed by atoms with Gasteiger partial charge in [-0.3, -0.25) is 0 Å². The third-order valence-electron chi connectivity index (χ3n) is 16.9. The number of para-hydroxylation sites is 4. The Morgan fingerprint density at radius 1 is 0.237 bits per heavy atom. The average molecular weight is 1100 g/mol. The van der Waals surface area contributed by atoms with Gasteiger partial charge in [0.05, 0.1) is 45.5 Å². The Morgan fingerprint density at radius 2 is 0.463 bits per heavy atom. The largest absolute Gasteiger partial charge is 0.340 e. The van der Waals surface area contributed by atoms with Crippen molar-refractivity contribution in [3.05, 3.63) is 206 Å². The summed E-state index contributed by atoms with van der Waals surface area (Å²) in [6.07, 6.45) is 0. The van der Waals surface area contributed by atoms with Crippen molar-refractivity contribution in [3.8, 4) is 44.5 Å². The van der Waals surface area contributed by atoms with Crippen LogP contribution in [0.3, 0.4) is 0 Å². The summed E-state index contributed by atoms with van der Waals surface area (Å²) in [4.78, 5) is 20.2. The second-order valence-corrected chi connectivity index (χ2v) is 25.3. The first-order valence-corrected chi connectivity index (χ1v) is 31.3. The van der Waals surface area contributed by atoms with E-state index in [-0.39, 0.29) is 0 Å². The van der Waals surface area contributed by atoms with Gasteiger partial charge in [-0.2, -0.15) is 0 Å². The molecule has 0 N–H and O–H groups in total. The lowest BCUT2D eigenvalue weighted by Crippen LogP contribution is -2.19. The molecule has 0 aromatic heterocycles. The highest BCUT2D eigenvalue weighted by atomic mass is 32.2. The molecule has 0 radical (unpaired) electrons. The highest BCUT2D eigenvalue weighted by molar-refractivity contribution is 8.00. The summed E-state index contributed by atoms with van der Waals surface area (Å²) in [5, 5.41) is 7.69. The monoisotopic (exact) mass is 1100 g/mol. The topological polar surface area (TPSA) is 13.0 Å². The fourth-order valence-electron chi connectivity index (χ4n) is 13.3. The maximum atomic E-state index is 2.52. The zero-order valence-electron chi connectivity index (χ0n) is 44.9. The van der Waals surface area contributed by atoms with Gasteiger partial charge in [0.2, 0.25) is 0 Å². The molecule has 0 atom stereocenters. The van der Waals surface area contributed by atoms with Gasteiger partial charge in [-0.1, -0.05) is 144 Å². The number of hydrogen-bond donors (Lipinski definition) is 0. The molecule has 0 saturated carbocycles. The molecule has 8 heteroatoms. The van der Waals surface area contributed by atoms with Gasteiger partial charge in [0.15, 0.2) is 0 Å². The molecule has 80 heavy (non-hydrogen) atoms. The molecule has 16 rings (SSSR count). The standard InChI is InChI=1S/C72H54N4S4/c1-5-73-55-17-9-13-21-63(55)77-67-37-43(25-33-59(67)73)51-41-52(44-26-34-60-68(38-44)78-64-22-14-10-18-56(64)74(60)6-2)48-31-32-50-54(46-28-36-62-70(40-46)80-66-24-16-12-20-58(66)76(62)8-4)42-53(49-30-29-47(51)71(48)72(49)50)45-27-35-61-69(39-45)79-65-23-15-11-19-57(65)75(61)7-3/h9-42H,5-8H2,1-4H3. The Kier molecular flexibility index (Phi) is 11.4. The van der Waals surface area contributed by atoms with Gasteiger partial charge in [-0.05, 0) is 214 Å². The van der Waals surface area contributed by atoms with Gasteiger partial charge in [0.25, 0.3) is 0 Å². The molecule has 0 unspecified atom stereocenters. The summed E-state index contributed by atoms with van der Waals surface area (Å²) >= 11 is 7.57. The average Bonchev–Trinajstić information content (AvgIpc) is 3.63. The number of anilines is 8. The van der Waals surface area contributed by atoms with Crippen LogP contribution in [-0.4, -0.2) is 26.2 Å². The molecule has 0 aliphatic carbocycles. The van der Waals surface area contributed by atoms with Crippen LogP contribution in [-0.2, 0) is 0 Å². The first-order valence-electron chi connectivity index (χ1n) is 28.0. The summed E-state index contributed by atoms with van der Waals surface area (Å²) in [5.41, 5.74) is 20.1. The normalized spacial score (nSPS) is 13.9. The smallest absolute Gasteiger partial charge is 0.0553 e. The molecule has 0 spiro atoms. The summed E-state index contributed by atoms with van der Waals surface area (Å²) in [7, 11) is 0. The van der Waals surface area contributed by atoms with Crippen LogP contribution in [0.1, 0.15) is 27.7 Å². The van der Waals surface area contributed by atoms with E-state index >= 15 is 0 Å². The minimum Gasteiger partial charge on any atom is -0.340 e. The Bertz CT molecular complexity index is 3980. The molecule has 4 aliphatic rings. The SMILES string of the molecule is CCN1c2ccccc2Sc2cc(-c3cc(-c4ccc5c(c4)Sc4ccccc4N5CC)c4ccc5c(-c6ccc7c(c6)Sc6ccccc6N7CC)cc(-c6ccc7c(c6)Sc6ccccc6N7CC)c6ccc3c4c65)ccc21. The van der Waals surface area contributed by atoms with Crippen molar-refractivity contribution < 1.29 is 0 Å². The minimum atomic E-state index is 0.897. The number of fused-ring (bicyclic) bond motifs is 8. The second-order valence-electron chi connectivity index (χ2n) is 21.0. The van der Waals surface area contributed by atoms with Crippen molar-refractivity contribution in [1.29, 1.82) is 0 Å². The number of nitrogens with zero attached hydrogens (tertiary/aromatic N) is 4. The van der Waals surface area contributed by atoms with E-state index in [1.54, 1.807) is 0 Å². The Hall–Kier alpha value is -7.72. The van der Waals surface area contributed by atoms with E-state index in [1.807, 2.05) is 47.0 Å². The first kappa shape index (κ1) is 48.2. The maximum Gasteiger partial charge on any atom is 0.0553 e. The number of benzene rings is 12. The predicted octanol–water partition coefficient (Wildman–Crippen LogP) is 21.7. The lowest BCUT2D eigenvalue weighted by Gasteiger charge is -2.32. The van der Waals surface area contributed by atoms with Gasteiger partial charge in [-0.25, -0.2) is 0 Å². The summed E-state index contributed by atoms with van der Waals surface area (Å²) in [5.74, 6) is 0. The van der Waals surface area contributed by atoms with E-state index in [2.05, 4.69) is 254 Å². The zero-order valence-corrected chi connectivity index (χ0v) is 48.1. The van der Waals surface area contributed by atoms with Gasteiger partial charge in [-0.15, -0.1) is 0 Å². The number of rotatable bonds is 8. The molecule has 0 fully saturated rings. The van der Waals surface area contributed by atoms with Crippen LogP contribution in [0.25, 0.3) is 76.8 Å². The molecule has 0 saturated heterocycles. The molecular weight excluding hydrogens is 1050 g/mol. The van der Waals surface area contributed by atoms with Gasteiger partial charge in [0.1, 0.15) is 0 Å². The molecule has 12 aromatic rings. The van der Waals surface area contributed by atoms with Gasteiger partial charge in [0, 0.05) is 65.3 Å². The van der Waals surface area contributed by atoms with Crippen LogP contribution in [0.5, 0.6) is 0 Å². The highest BCUT2D eigenvalue weighted by Crippen LogP contribution is 2.57. The quantitative estimate of drug-likeness (QED) is 0.138. The summed E-state index contributed by atoms with van der Waals surface area (Å²) in [6.45, 7) is 12.6. The highest BCUT2D eigenvalue weighted by Gasteiger charge is 2.30. The van der Waals surface area contributed by atoms with E-state index in [0.717, 1.165) is 26.2 Å². The minimum absolute atomic E-state index is 0.897. The Morgan fingerprint density at radius 3 is 0.700 bits per heavy atom. The molecule has 12 aromatic carbocycles. The van der Waals surface area contributed by atoms with Crippen LogP contribution < -0.4 is 19.6 Å². The van der Waals surface area contributed by atoms with Crippen molar-refractivity contribution in [2.75, 3.05) is 45.8 Å². The van der Waals surface area contributed by atoms with Crippen LogP contribution in [0.2, 0.25) is 0 Å². The van der Waals surface area contributed by atoms with Crippen molar-refractivity contribution in [3.63, 3.8) is 0 Å². The molecule has 0 bridgehead atoms. The Balaban J connectivity index is 0.966. The van der Waals surface area contributed by atoms with Crippen LogP contribution in [0, 0.1) is 0 Å². The fourth-order valence-corrected chi connectivity index (χ4v) is 17.9. The van der Waals surface area contributed by atoms with E-state index in [1.165, 1.54) is 161 Å². The lowest BCUT2D eigenvalue weighted by atomic mass is 9.82.